The van der Waals surface area contributed by atoms with E-state index in [1.54, 1.807) is 18.3 Å². The lowest BCUT2D eigenvalue weighted by Gasteiger charge is -2.08. The summed E-state index contributed by atoms with van der Waals surface area (Å²) >= 11 is 2.99. The number of aromatic nitrogens is 1. The zero-order chi connectivity index (χ0) is 15.0. The van der Waals surface area contributed by atoms with Gasteiger partial charge in [-0.25, -0.2) is 8.78 Å². The fraction of sp³-hybridized carbons (Fsp3) is 0. The Bertz CT molecular complexity index is 836. The number of ketones is 1. The summed E-state index contributed by atoms with van der Waals surface area (Å²) in [5.41, 5.74) is -0.338. The lowest BCUT2D eigenvalue weighted by molar-refractivity contribution is 0.103. The second-order valence-electron chi connectivity index (χ2n) is 4.48. The Balaban J connectivity index is 2.22. The lowest BCUT2D eigenvalue weighted by atomic mass is 9.98. The Hall–Kier alpha value is -2.14. The first kappa shape index (κ1) is 13.8. The molecule has 2 nitrogen and oxygen atoms in total. The van der Waals surface area contributed by atoms with Gasteiger partial charge in [0.1, 0.15) is 11.6 Å². The van der Waals surface area contributed by atoms with E-state index in [9.17, 15) is 13.6 Å². The van der Waals surface area contributed by atoms with Crippen molar-refractivity contribution in [1.82, 2.24) is 4.98 Å². The van der Waals surface area contributed by atoms with E-state index >= 15 is 0 Å². The normalized spacial score (nSPS) is 10.8. The number of hydrogen-bond acceptors (Lipinski definition) is 2. The molecule has 0 unspecified atom stereocenters. The van der Waals surface area contributed by atoms with Crippen molar-refractivity contribution in [2.75, 3.05) is 0 Å². The summed E-state index contributed by atoms with van der Waals surface area (Å²) in [5.74, 6) is -2.49. The molecule has 0 amide bonds. The second-order valence-corrected chi connectivity index (χ2v) is 5.39. The Morgan fingerprint density at radius 2 is 1.81 bits per heavy atom. The molecule has 0 saturated carbocycles. The number of pyridine rings is 1. The number of rotatable bonds is 2. The zero-order valence-electron chi connectivity index (χ0n) is 10.6. The van der Waals surface area contributed by atoms with E-state index in [2.05, 4.69) is 20.9 Å². The summed E-state index contributed by atoms with van der Waals surface area (Å²) in [6.07, 6.45) is 3.11. The molecule has 0 fully saturated rings. The maximum atomic E-state index is 13.9. The van der Waals surface area contributed by atoms with Crippen LogP contribution < -0.4 is 0 Å². The van der Waals surface area contributed by atoms with E-state index in [1.807, 2.05) is 6.07 Å². The SMILES string of the molecule is O=C(c1c(F)cc(Br)cc1F)c1cccc2ccncc12. The molecule has 0 bridgehead atoms. The maximum absolute atomic E-state index is 13.9. The van der Waals surface area contributed by atoms with Crippen LogP contribution in [0.3, 0.4) is 0 Å². The topological polar surface area (TPSA) is 30.0 Å². The van der Waals surface area contributed by atoms with E-state index in [0.717, 1.165) is 17.5 Å². The molecule has 3 rings (SSSR count). The lowest BCUT2D eigenvalue weighted by Crippen LogP contribution is -2.08. The molecule has 2 aromatic carbocycles. The minimum absolute atomic E-state index is 0.223. The van der Waals surface area contributed by atoms with Crippen LogP contribution in [0.2, 0.25) is 0 Å². The van der Waals surface area contributed by atoms with Gasteiger partial charge in [-0.05, 0) is 23.6 Å². The van der Waals surface area contributed by atoms with Gasteiger partial charge in [-0.1, -0.05) is 34.1 Å². The number of nitrogens with zero attached hydrogens (tertiary/aromatic N) is 1. The van der Waals surface area contributed by atoms with Gasteiger partial charge in [0, 0.05) is 27.8 Å². The van der Waals surface area contributed by atoms with Crippen molar-refractivity contribution in [3.8, 4) is 0 Å². The standard InChI is InChI=1S/C16H8BrF2NO/c17-10-6-13(18)15(14(19)7-10)16(21)11-3-1-2-9-4-5-20-8-12(9)11/h1-8H. The second kappa shape index (κ2) is 5.33. The predicted octanol–water partition coefficient (Wildman–Crippen LogP) is 4.51. The van der Waals surface area contributed by atoms with E-state index < -0.39 is 23.0 Å². The minimum Gasteiger partial charge on any atom is -0.288 e. The molecule has 1 aromatic heterocycles. The van der Waals surface area contributed by atoms with Gasteiger partial charge >= 0.3 is 0 Å². The predicted molar refractivity (Wildman–Crippen MR) is 79.2 cm³/mol. The Kier molecular flexibility index (Phi) is 3.51. The van der Waals surface area contributed by atoms with Crippen molar-refractivity contribution in [1.29, 1.82) is 0 Å². The average Bonchev–Trinajstić information content (AvgIpc) is 2.45. The van der Waals surface area contributed by atoms with Gasteiger partial charge in [0.25, 0.3) is 0 Å². The summed E-state index contributed by atoms with van der Waals surface area (Å²) in [6, 6.07) is 8.89. The molecule has 0 aliphatic carbocycles. The molecule has 1 heterocycles. The van der Waals surface area contributed by atoms with Crippen molar-refractivity contribution in [2.24, 2.45) is 0 Å². The third-order valence-corrected chi connectivity index (χ3v) is 3.62. The smallest absolute Gasteiger partial charge is 0.199 e. The van der Waals surface area contributed by atoms with Crippen LogP contribution in [0.4, 0.5) is 8.78 Å². The first-order valence-corrected chi connectivity index (χ1v) is 6.89. The molecule has 0 atom stereocenters. The highest BCUT2D eigenvalue weighted by Crippen LogP contribution is 2.25. The van der Waals surface area contributed by atoms with Gasteiger partial charge in [0.05, 0.1) is 5.56 Å². The third kappa shape index (κ3) is 2.45. The van der Waals surface area contributed by atoms with E-state index in [1.165, 1.54) is 12.3 Å². The van der Waals surface area contributed by atoms with Gasteiger partial charge in [-0.3, -0.25) is 9.78 Å². The van der Waals surface area contributed by atoms with E-state index in [4.69, 9.17) is 0 Å². The van der Waals surface area contributed by atoms with Crippen molar-refractivity contribution < 1.29 is 13.6 Å². The number of halogens is 3. The minimum atomic E-state index is -0.896. The molecule has 0 saturated heterocycles. The largest absolute Gasteiger partial charge is 0.288 e. The number of carbonyl (C=O) groups is 1. The maximum Gasteiger partial charge on any atom is 0.199 e. The summed E-state index contributed by atoms with van der Waals surface area (Å²) in [4.78, 5) is 16.5. The average molecular weight is 348 g/mol. The molecular formula is C16H8BrF2NO. The van der Waals surface area contributed by atoms with Crippen LogP contribution in [0.25, 0.3) is 10.8 Å². The number of hydrogen-bond donors (Lipinski definition) is 0. The molecule has 0 N–H and O–H groups in total. The van der Waals surface area contributed by atoms with Crippen LogP contribution in [0.1, 0.15) is 15.9 Å². The van der Waals surface area contributed by atoms with Crippen LogP contribution in [0.15, 0.2) is 53.3 Å². The Morgan fingerprint density at radius 1 is 1.10 bits per heavy atom. The highest BCUT2D eigenvalue weighted by molar-refractivity contribution is 9.10. The van der Waals surface area contributed by atoms with Crippen LogP contribution in [0.5, 0.6) is 0 Å². The molecule has 0 aliphatic rings. The molecular weight excluding hydrogens is 340 g/mol. The van der Waals surface area contributed by atoms with Gasteiger partial charge in [-0.15, -0.1) is 0 Å². The molecule has 5 heteroatoms. The van der Waals surface area contributed by atoms with Crippen molar-refractivity contribution >= 4 is 32.5 Å². The van der Waals surface area contributed by atoms with Crippen LogP contribution >= 0.6 is 15.9 Å². The van der Waals surface area contributed by atoms with Gasteiger partial charge in [0.2, 0.25) is 0 Å². The van der Waals surface area contributed by atoms with E-state index in [-0.39, 0.29) is 10.0 Å². The van der Waals surface area contributed by atoms with Gasteiger partial charge < -0.3 is 0 Å². The summed E-state index contributed by atoms with van der Waals surface area (Å²) in [6.45, 7) is 0. The molecule has 0 aliphatic heterocycles. The highest BCUT2D eigenvalue weighted by atomic mass is 79.9. The van der Waals surface area contributed by atoms with Crippen LogP contribution in [0, 0.1) is 11.6 Å². The van der Waals surface area contributed by atoms with Crippen LogP contribution in [-0.2, 0) is 0 Å². The first-order chi connectivity index (χ1) is 10.1. The third-order valence-electron chi connectivity index (χ3n) is 3.16. The van der Waals surface area contributed by atoms with Crippen molar-refractivity contribution in [3.63, 3.8) is 0 Å². The number of benzene rings is 2. The highest BCUT2D eigenvalue weighted by Gasteiger charge is 2.21. The summed E-state index contributed by atoms with van der Waals surface area (Å²) in [5, 5.41) is 1.35. The number of fused-ring (bicyclic) bond motifs is 1. The summed E-state index contributed by atoms with van der Waals surface area (Å²) in [7, 11) is 0. The Morgan fingerprint density at radius 3 is 2.52 bits per heavy atom. The van der Waals surface area contributed by atoms with Gasteiger partial charge in [0.15, 0.2) is 5.78 Å². The fourth-order valence-electron chi connectivity index (χ4n) is 2.21. The molecule has 21 heavy (non-hydrogen) atoms. The molecule has 104 valence electrons. The van der Waals surface area contributed by atoms with Crippen molar-refractivity contribution in [3.05, 3.63) is 76.0 Å². The van der Waals surface area contributed by atoms with Gasteiger partial charge in [-0.2, -0.15) is 0 Å². The summed E-state index contributed by atoms with van der Waals surface area (Å²) < 4.78 is 28.1. The first-order valence-electron chi connectivity index (χ1n) is 6.10. The molecule has 0 radical (unpaired) electrons. The Labute approximate surface area is 127 Å². The molecule has 3 aromatic rings. The van der Waals surface area contributed by atoms with E-state index in [0.29, 0.717) is 5.39 Å². The van der Waals surface area contributed by atoms with Crippen molar-refractivity contribution in [2.45, 2.75) is 0 Å². The monoisotopic (exact) mass is 347 g/mol. The fourth-order valence-corrected chi connectivity index (χ4v) is 2.61. The van der Waals surface area contributed by atoms with Crippen LogP contribution in [-0.4, -0.2) is 10.8 Å². The quantitative estimate of drug-likeness (QED) is 0.638. The molecule has 0 spiro atoms. The number of carbonyl (C=O) groups excluding carboxylic acids is 1. The zero-order valence-corrected chi connectivity index (χ0v) is 12.2.